The second kappa shape index (κ2) is 10.1. The van der Waals surface area contributed by atoms with Crippen molar-refractivity contribution in [1.29, 1.82) is 0 Å². The number of piperidine rings is 2. The molecule has 2 fully saturated rings. The zero-order chi connectivity index (χ0) is 22.7. The van der Waals surface area contributed by atoms with Gasteiger partial charge in [-0.1, -0.05) is 23.9 Å². The predicted molar refractivity (Wildman–Crippen MR) is 126 cm³/mol. The Morgan fingerprint density at radius 1 is 0.969 bits per heavy atom. The van der Waals surface area contributed by atoms with Crippen molar-refractivity contribution in [3.05, 3.63) is 35.2 Å². The van der Waals surface area contributed by atoms with Crippen molar-refractivity contribution in [3.8, 4) is 5.69 Å². The molecule has 2 amide bonds. The number of hydrogen-bond acceptors (Lipinski definition) is 5. The van der Waals surface area contributed by atoms with E-state index in [0.717, 1.165) is 61.0 Å². The Labute approximate surface area is 194 Å². The molecule has 32 heavy (non-hydrogen) atoms. The second-order valence-electron chi connectivity index (χ2n) is 8.98. The summed E-state index contributed by atoms with van der Waals surface area (Å²) in [5.74, 6) is 1.61. The lowest BCUT2D eigenvalue weighted by Crippen LogP contribution is -2.46. The lowest BCUT2D eigenvalue weighted by atomic mass is 9.94. The number of carbonyl (C=O) groups excluding carboxylic acids is 2. The van der Waals surface area contributed by atoms with Crippen LogP contribution in [0.2, 0.25) is 0 Å². The largest absolute Gasteiger partial charge is 0.342 e. The third-order valence-corrected chi connectivity index (χ3v) is 7.50. The molecule has 0 aliphatic carbocycles. The van der Waals surface area contributed by atoms with Crippen molar-refractivity contribution >= 4 is 23.6 Å². The van der Waals surface area contributed by atoms with E-state index in [1.807, 2.05) is 21.3 Å². The third kappa shape index (κ3) is 5.00. The Kier molecular flexibility index (Phi) is 7.18. The fraction of sp³-hybridized carbons (Fsp3) is 0.583. The van der Waals surface area contributed by atoms with Crippen molar-refractivity contribution in [1.82, 2.24) is 24.6 Å². The van der Waals surface area contributed by atoms with Crippen molar-refractivity contribution < 1.29 is 9.59 Å². The molecule has 1 aromatic carbocycles. The highest BCUT2D eigenvalue weighted by atomic mass is 32.2. The third-order valence-electron chi connectivity index (χ3n) is 6.59. The molecule has 0 radical (unpaired) electrons. The molecule has 172 valence electrons. The van der Waals surface area contributed by atoms with Gasteiger partial charge < -0.3 is 9.80 Å². The second-order valence-corrected chi connectivity index (χ2v) is 9.93. The van der Waals surface area contributed by atoms with Gasteiger partial charge in [0.1, 0.15) is 5.82 Å². The maximum atomic E-state index is 12.9. The first-order valence-electron chi connectivity index (χ1n) is 11.6. The van der Waals surface area contributed by atoms with E-state index < -0.39 is 0 Å². The highest BCUT2D eigenvalue weighted by Gasteiger charge is 2.30. The van der Waals surface area contributed by atoms with Crippen LogP contribution in [0, 0.1) is 26.7 Å². The average Bonchev–Trinajstić information content (AvgIpc) is 3.19. The number of rotatable bonds is 5. The van der Waals surface area contributed by atoms with E-state index in [1.165, 1.54) is 23.7 Å². The highest BCUT2D eigenvalue weighted by Crippen LogP contribution is 2.26. The van der Waals surface area contributed by atoms with E-state index in [0.29, 0.717) is 24.7 Å². The predicted octanol–water partition coefficient (Wildman–Crippen LogP) is 3.54. The number of benzene rings is 1. The summed E-state index contributed by atoms with van der Waals surface area (Å²) in [5.41, 5.74) is 3.37. The molecule has 0 saturated carbocycles. The number of likely N-dealkylation sites (tertiary alicyclic amines) is 2. The van der Waals surface area contributed by atoms with Crippen LogP contribution in [-0.4, -0.2) is 68.3 Å². The molecule has 0 unspecified atom stereocenters. The molecule has 2 aliphatic heterocycles. The molecule has 3 heterocycles. The summed E-state index contributed by atoms with van der Waals surface area (Å²) in [6, 6.07) is 6.31. The maximum absolute atomic E-state index is 12.9. The monoisotopic (exact) mass is 455 g/mol. The molecular formula is C24H33N5O2S. The van der Waals surface area contributed by atoms with E-state index in [-0.39, 0.29) is 11.8 Å². The first kappa shape index (κ1) is 22.8. The zero-order valence-corrected chi connectivity index (χ0v) is 20.2. The number of aromatic nitrogens is 3. The molecule has 0 atom stereocenters. The first-order chi connectivity index (χ1) is 15.4. The standard InChI is InChI=1S/C24H33N5O2S/c1-17-7-8-18(2)21(15-17)29-19(3)25-26-24(29)32-16-22(30)27-13-9-20(10-14-27)23(31)28-11-5-4-6-12-28/h7-8,15,20H,4-6,9-14,16H2,1-3H3. The van der Waals surface area contributed by atoms with Crippen LogP contribution in [0.1, 0.15) is 49.1 Å². The van der Waals surface area contributed by atoms with Crippen molar-refractivity contribution in [2.24, 2.45) is 5.92 Å². The van der Waals surface area contributed by atoms with Crippen LogP contribution in [0.15, 0.2) is 23.4 Å². The minimum atomic E-state index is 0.0693. The van der Waals surface area contributed by atoms with Crippen LogP contribution in [0.4, 0.5) is 0 Å². The van der Waals surface area contributed by atoms with E-state index in [2.05, 4.69) is 42.2 Å². The molecule has 4 rings (SSSR count). The van der Waals surface area contributed by atoms with Gasteiger partial charge in [-0.3, -0.25) is 14.2 Å². The molecule has 2 aliphatic rings. The molecule has 0 spiro atoms. The van der Waals surface area contributed by atoms with Gasteiger partial charge in [-0.05, 0) is 70.1 Å². The van der Waals surface area contributed by atoms with Gasteiger partial charge in [-0.25, -0.2) is 0 Å². The summed E-state index contributed by atoms with van der Waals surface area (Å²) in [4.78, 5) is 29.6. The molecule has 2 aromatic rings. The first-order valence-corrected chi connectivity index (χ1v) is 12.6. The average molecular weight is 456 g/mol. The molecule has 8 heteroatoms. The molecular weight excluding hydrogens is 422 g/mol. The minimum Gasteiger partial charge on any atom is -0.342 e. The lowest BCUT2D eigenvalue weighted by molar-refractivity contribution is -0.140. The molecule has 0 N–H and O–H groups in total. The summed E-state index contributed by atoms with van der Waals surface area (Å²) < 4.78 is 2.03. The Morgan fingerprint density at radius 2 is 1.69 bits per heavy atom. The summed E-state index contributed by atoms with van der Waals surface area (Å²) >= 11 is 1.43. The Bertz CT molecular complexity index is 975. The van der Waals surface area contributed by atoms with Crippen molar-refractivity contribution in [2.75, 3.05) is 31.9 Å². The molecule has 0 bridgehead atoms. The van der Waals surface area contributed by atoms with E-state index in [4.69, 9.17) is 0 Å². The van der Waals surface area contributed by atoms with Gasteiger partial charge in [0.25, 0.3) is 0 Å². The van der Waals surface area contributed by atoms with Crippen LogP contribution in [-0.2, 0) is 9.59 Å². The number of amides is 2. The maximum Gasteiger partial charge on any atom is 0.233 e. The van der Waals surface area contributed by atoms with E-state index in [1.54, 1.807) is 0 Å². The lowest BCUT2D eigenvalue weighted by Gasteiger charge is -2.35. The number of aryl methyl sites for hydroxylation is 3. The smallest absolute Gasteiger partial charge is 0.233 e. The van der Waals surface area contributed by atoms with Gasteiger partial charge in [0, 0.05) is 32.1 Å². The fourth-order valence-electron chi connectivity index (χ4n) is 4.64. The molecule has 7 nitrogen and oxygen atoms in total. The number of thioether (sulfide) groups is 1. The highest BCUT2D eigenvalue weighted by molar-refractivity contribution is 7.99. The summed E-state index contributed by atoms with van der Waals surface area (Å²) in [6.45, 7) is 9.19. The molecule has 1 aromatic heterocycles. The summed E-state index contributed by atoms with van der Waals surface area (Å²) in [6.07, 6.45) is 5.00. The van der Waals surface area contributed by atoms with Gasteiger partial charge in [0.15, 0.2) is 5.16 Å². The van der Waals surface area contributed by atoms with Gasteiger partial charge in [0.05, 0.1) is 11.4 Å². The zero-order valence-electron chi connectivity index (χ0n) is 19.3. The van der Waals surface area contributed by atoms with E-state index >= 15 is 0 Å². The fourth-order valence-corrected chi connectivity index (χ4v) is 5.53. The molecule has 2 saturated heterocycles. The Balaban J connectivity index is 1.33. The van der Waals surface area contributed by atoms with Gasteiger partial charge >= 0.3 is 0 Å². The number of carbonyl (C=O) groups is 2. The van der Waals surface area contributed by atoms with Crippen molar-refractivity contribution in [3.63, 3.8) is 0 Å². The van der Waals surface area contributed by atoms with Crippen LogP contribution in [0.5, 0.6) is 0 Å². The summed E-state index contributed by atoms with van der Waals surface area (Å²) in [7, 11) is 0. The Hall–Kier alpha value is -2.35. The van der Waals surface area contributed by atoms with Crippen LogP contribution in [0.25, 0.3) is 5.69 Å². The number of nitrogens with zero attached hydrogens (tertiary/aromatic N) is 5. The van der Waals surface area contributed by atoms with Gasteiger partial charge in [-0.2, -0.15) is 0 Å². The minimum absolute atomic E-state index is 0.0693. The summed E-state index contributed by atoms with van der Waals surface area (Å²) in [5, 5.41) is 9.31. The quantitative estimate of drug-likeness (QED) is 0.645. The SMILES string of the molecule is Cc1ccc(C)c(-n2c(C)nnc2SCC(=O)N2CCC(C(=O)N3CCCCC3)CC2)c1. The Morgan fingerprint density at radius 3 is 2.41 bits per heavy atom. The topological polar surface area (TPSA) is 71.3 Å². The van der Waals surface area contributed by atoms with Crippen LogP contribution < -0.4 is 0 Å². The van der Waals surface area contributed by atoms with E-state index in [9.17, 15) is 9.59 Å². The van der Waals surface area contributed by atoms with Crippen LogP contribution in [0.3, 0.4) is 0 Å². The normalized spacial score (nSPS) is 17.6. The number of hydrogen-bond donors (Lipinski definition) is 0. The van der Waals surface area contributed by atoms with Gasteiger partial charge in [0.2, 0.25) is 11.8 Å². The van der Waals surface area contributed by atoms with Crippen molar-refractivity contribution in [2.45, 2.75) is 58.0 Å². The van der Waals surface area contributed by atoms with Gasteiger partial charge in [-0.15, -0.1) is 10.2 Å². The van der Waals surface area contributed by atoms with Crippen LogP contribution >= 0.6 is 11.8 Å².